The van der Waals surface area contributed by atoms with Gasteiger partial charge in [0.25, 0.3) is 0 Å². The van der Waals surface area contributed by atoms with Crippen molar-refractivity contribution >= 4 is 28.9 Å². The maximum Gasteiger partial charge on any atom is 0.193 e. The molecule has 0 saturated carbocycles. The second-order valence-electron chi connectivity index (χ2n) is 2.93. The van der Waals surface area contributed by atoms with E-state index in [1.54, 1.807) is 18.3 Å². The van der Waals surface area contributed by atoms with Crippen molar-refractivity contribution in [1.29, 1.82) is 0 Å². The first-order valence-electron chi connectivity index (χ1n) is 4.34. The van der Waals surface area contributed by atoms with Gasteiger partial charge in [0, 0.05) is 0 Å². The molecule has 78 valence electrons. The Balaban J connectivity index is 1.96. The number of aromatic nitrogens is 1. The summed E-state index contributed by atoms with van der Waals surface area (Å²) in [6.45, 7) is 0.566. The highest BCUT2D eigenvalue weighted by molar-refractivity contribution is 6.29. The minimum Gasteiger partial charge on any atom is -0.448 e. The van der Waals surface area contributed by atoms with Crippen LogP contribution in [0.2, 0.25) is 10.4 Å². The average Bonchev–Trinajstić information content (AvgIpc) is 2.64. The van der Waals surface area contributed by atoms with E-state index in [1.165, 1.54) is 0 Å². The molecule has 0 radical (unpaired) electrons. The van der Waals surface area contributed by atoms with Crippen molar-refractivity contribution in [3.05, 3.63) is 46.6 Å². The minimum atomic E-state index is 0.390. The number of hydrogen-bond acceptors (Lipinski definition) is 3. The molecule has 0 bridgehead atoms. The highest BCUT2D eigenvalue weighted by atomic mass is 35.5. The molecule has 2 rings (SSSR count). The molecule has 0 aromatic carbocycles. The maximum atomic E-state index is 5.66. The van der Waals surface area contributed by atoms with Gasteiger partial charge in [0.1, 0.15) is 10.9 Å². The molecule has 15 heavy (non-hydrogen) atoms. The summed E-state index contributed by atoms with van der Waals surface area (Å²) >= 11 is 11.3. The highest BCUT2D eigenvalue weighted by Crippen LogP contribution is 2.15. The lowest BCUT2D eigenvalue weighted by molar-refractivity contribution is 0.520. The van der Waals surface area contributed by atoms with Crippen molar-refractivity contribution in [3.63, 3.8) is 0 Å². The van der Waals surface area contributed by atoms with Gasteiger partial charge in [0.05, 0.1) is 18.4 Å². The smallest absolute Gasteiger partial charge is 0.193 e. The molecule has 0 aliphatic carbocycles. The van der Waals surface area contributed by atoms with Gasteiger partial charge in [-0.15, -0.1) is 0 Å². The first-order chi connectivity index (χ1) is 7.24. The summed E-state index contributed by atoms with van der Waals surface area (Å²) in [5.74, 6) is 0.773. The second-order valence-corrected chi connectivity index (χ2v) is 3.69. The zero-order valence-electron chi connectivity index (χ0n) is 7.71. The van der Waals surface area contributed by atoms with Gasteiger partial charge in [-0.05, 0) is 35.9 Å². The maximum absolute atomic E-state index is 5.66. The van der Waals surface area contributed by atoms with Gasteiger partial charge >= 0.3 is 0 Å². The van der Waals surface area contributed by atoms with E-state index in [1.807, 2.05) is 12.1 Å². The zero-order chi connectivity index (χ0) is 10.7. The largest absolute Gasteiger partial charge is 0.448 e. The van der Waals surface area contributed by atoms with Crippen LogP contribution in [0.4, 0.5) is 5.69 Å². The fraction of sp³-hybridized carbons (Fsp3) is 0.100. The lowest BCUT2D eigenvalue weighted by atomic mass is 10.4. The topological polar surface area (TPSA) is 38.1 Å². The van der Waals surface area contributed by atoms with Crippen LogP contribution >= 0.6 is 23.2 Å². The lowest BCUT2D eigenvalue weighted by Crippen LogP contribution is -1.98. The number of nitrogens with one attached hydrogen (secondary N) is 1. The normalized spacial score (nSPS) is 10.3. The van der Waals surface area contributed by atoms with Crippen molar-refractivity contribution in [3.8, 4) is 0 Å². The Morgan fingerprint density at radius 2 is 2.07 bits per heavy atom. The molecule has 5 heteroatoms. The molecular formula is C10H8Cl2N2O. The van der Waals surface area contributed by atoms with Crippen LogP contribution in [0, 0.1) is 0 Å². The van der Waals surface area contributed by atoms with E-state index >= 15 is 0 Å². The number of nitrogens with zero attached hydrogens (tertiary/aromatic N) is 1. The predicted octanol–water partition coefficient (Wildman–Crippen LogP) is 3.59. The molecule has 0 saturated heterocycles. The number of pyridine rings is 1. The predicted molar refractivity (Wildman–Crippen MR) is 60.3 cm³/mol. The molecule has 0 fully saturated rings. The molecule has 0 spiro atoms. The van der Waals surface area contributed by atoms with Crippen molar-refractivity contribution in [2.45, 2.75) is 6.54 Å². The Labute approximate surface area is 97.0 Å². The molecule has 0 aliphatic heterocycles. The van der Waals surface area contributed by atoms with E-state index in [-0.39, 0.29) is 0 Å². The quantitative estimate of drug-likeness (QED) is 0.837. The van der Waals surface area contributed by atoms with Gasteiger partial charge in [-0.1, -0.05) is 11.6 Å². The van der Waals surface area contributed by atoms with E-state index in [0.29, 0.717) is 16.9 Å². The summed E-state index contributed by atoms with van der Waals surface area (Å²) < 4.78 is 5.19. The Hall–Kier alpha value is -1.19. The molecule has 0 aliphatic rings. The first-order valence-corrected chi connectivity index (χ1v) is 5.09. The number of anilines is 1. The van der Waals surface area contributed by atoms with Gasteiger partial charge in [0.15, 0.2) is 5.22 Å². The van der Waals surface area contributed by atoms with Crippen LogP contribution in [-0.2, 0) is 6.54 Å². The Bertz CT molecular complexity index is 439. The molecule has 0 unspecified atom stereocenters. The molecule has 2 aromatic heterocycles. The third-order valence-electron chi connectivity index (χ3n) is 1.82. The average molecular weight is 243 g/mol. The molecule has 1 N–H and O–H groups in total. The van der Waals surface area contributed by atoms with Crippen molar-refractivity contribution in [2.75, 3.05) is 5.32 Å². The molecule has 2 aromatic rings. The molecule has 2 heterocycles. The molecule has 3 nitrogen and oxygen atoms in total. The molecule has 0 atom stereocenters. The lowest BCUT2D eigenvalue weighted by Gasteiger charge is -2.02. The summed E-state index contributed by atoms with van der Waals surface area (Å²) in [5, 5.41) is 3.99. The van der Waals surface area contributed by atoms with E-state index < -0.39 is 0 Å². The highest BCUT2D eigenvalue weighted by Gasteiger charge is 1.99. The number of furan rings is 1. The summed E-state index contributed by atoms with van der Waals surface area (Å²) in [6.07, 6.45) is 1.66. The number of hydrogen-bond donors (Lipinski definition) is 1. The van der Waals surface area contributed by atoms with Gasteiger partial charge in [-0.25, -0.2) is 4.98 Å². The third-order valence-corrected chi connectivity index (χ3v) is 2.25. The van der Waals surface area contributed by atoms with Gasteiger partial charge in [-0.2, -0.15) is 0 Å². The fourth-order valence-corrected chi connectivity index (χ4v) is 1.39. The second kappa shape index (κ2) is 4.55. The zero-order valence-corrected chi connectivity index (χ0v) is 9.22. The Morgan fingerprint density at radius 3 is 2.67 bits per heavy atom. The summed E-state index contributed by atoms with van der Waals surface area (Å²) in [4.78, 5) is 3.94. The monoisotopic (exact) mass is 242 g/mol. The van der Waals surface area contributed by atoms with Crippen molar-refractivity contribution < 1.29 is 4.42 Å². The van der Waals surface area contributed by atoms with Gasteiger partial charge < -0.3 is 9.73 Å². The van der Waals surface area contributed by atoms with Crippen molar-refractivity contribution in [1.82, 2.24) is 4.98 Å². The molecule has 0 amide bonds. The van der Waals surface area contributed by atoms with E-state index in [4.69, 9.17) is 27.6 Å². The standard InChI is InChI=1S/C10H8Cl2N2O/c11-9-3-1-7(5-14-9)13-6-8-2-4-10(12)15-8/h1-5,13H,6H2. The van der Waals surface area contributed by atoms with E-state index in [9.17, 15) is 0 Å². The third kappa shape index (κ3) is 2.88. The van der Waals surface area contributed by atoms with Gasteiger partial charge in [-0.3, -0.25) is 0 Å². The molecular weight excluding hydrogens is 235 g/mol. The van der Waals surface area contributed by atoms with Crippen LogP contribution in [0.15, 0.2) is 34.9 Å². The van der Waals surface area contributed by atoms with Crippen LogP contribution < -0.4 is 5.32 Å². The van der Waals surface area contributed by atoms with Crippen LogP contribution in [0.5, 0.6) is 0 Å². The number of halogens is 2. The van der Waals surface area contributed by atoms with Gasteiger partial charge in [0.2, 0.25) is 0 Å². The summed E-state index contributed by atoms with van der Waals surface area (Å²) in [7, 11) is 0. The van der Waals surface area contributed by atoms with E-state index in [0.717, 1.165) is 11.4 Å². The summed E-state index contributed by atoms with van der Waals surface area (Å²) in [5.41, 5.74) is 0.881. The van der Waals surface area contributed by atoms with Crippen LogP contribution in [-0.4, -0.2) is 4.98 Å². The van der Waals surface area contributed by atoms with Crippen LogP contribution in [0.3, 0.4) is 0 Å². The fourth-order valence-electron chi connectivity index (χ4n) is 1.12. The minimum absolute atomic E-state index is 0.390. The Morgan fingerprint density at radius 1 is 1.20 bits per heavy atom. The van der Waals surface area contributed by atoms with Crippen LogP contribution in [0.25, 0.3) is 0 Å². The number of rotatable bonds is 3. The van der Waals surface area contributed by atoms with E-state index in [2.05, 4.69) is 10.3 Å². The van der Waals surface area contributed by atoms with Crippen LogP contribution in [0.1, 0.15) is 5.76 Å². The Kier molecular flexibility index (Phi) is 3.14. The first kappa shape index (κ1) is 10.3. The van der Waals surface area contributed by atoms with Crippen molar-refractivity contribution in [2.24, 2.45) is 0 Å². The summed E-state index contributed by atoms with van der Waals surface area (Å²) in [6, 6.07) is 7.09. The SMILES string of the molecule is Clc1ccc(NCc2ccc(Cl)o2)cn1.